The maximum atomic E-state index is 12.6. The predicted molar refractivity (Wildman–Crippen MR) is 64.5 cm³/mol. The predicted octanol–water partition coefficient (Wildman–Crippen LogP) is 2.16. The SMILES string of the molecule is COCCn1c(CN)nc2cc(C(F)(F)F)ccc21. The molecule has 7 heteroatoms. The van der Waals surface area contributed by atoms with Gasteiger partial charge < -0.3 is 15.0 Å². The second kappa shape index (κ2) is 5.18. The highest BCUT2D eigenvalue weighted by Gasteiger charge is 2.31. The fourth-order valence-corrected chi connectivity index (χ4v) is 1.94. The third-order valence-corrected chi connectivity index (χ3v) is 2.86. The third-order valence-electron chi connectivity index (χ3n) is 2.86. The summed E-state index contributed by atoms with van der Waals surface area (Å²) in [6.45, 7) is 1.12. The zero-order valence-corrected chi connectivity index (χ0v) is 10.4. The number of rotatable bonds is 4. The quantitative estimate of drug-likeness (QED) is 0.928. The number of hydrogen-bond donors (Lipinski definition) is 1. The third kappa shape index (κ3) is 2.71. The molecule has 104 valence electrons. The van der Waals surface area contributed by atoms with Gasteiger partial charge in [0, 0.05) is 13.7 Å². The van der Waals surface area contributed by atoms with E-state index < -0.39 is 11.7 Å². The normalized spacial score (nSPS) is 12.3. The number of halogens is 3. The number of imidazole rings is 1. The molecule has 2 aromatic rings. The Hall–Kier alpha value is -1.60. The molecule has 0 amide bonds. The van der Waals surface area contributed by atoms with Crippen LogP contribution < -0.4 is 5.73 Å². The van der Waals surface area contributed by atoms with E-state index >= 15 is 0 Å². The van der Waals surface area contributed by atoms with Crippen molar-refractivity contribution in [2.45, 2.75) is 19.3 Å². The van der Waals surface area contributed by atoms with Crippen molar-refractivity contribution in [1.29, 1.82) is 0 Å². The highest BCUT2D eigenvalue weighted by atomic mass is 19.4. The van der Waals surface area contributed by atoms with Crippen LogP contribution in [-0.2, 0) is 24.0 Å². The molecule has 0 fully saturated rings. The molecule has 0 radical (unpaired) electrons. The molecule has 19 heavy (non-hydrogen) atoms. The van der Waals surface area contributed by atoms with E-state index in [4.69, 9.17) is 10.5 Å². The summed E-state index contributed by atoms with van der Waals surface area (Å²) in [5.41, 5.74) is 5.78. The van der Waals surface area contributed by atoms with Gasteiger partial charge in [-0.15, -0.1) is 0 Å². The fourth-order valence-electron chi connectivity index (χ4n) is 1.94. The zero-order chi connectivity index (χ0) is 14.0. The Labute approximate surface area is 108 Å². The van der Waals surface area contributed by atoms with Gasteiger partial charge in [-0.2, -0.15) is 13.2 Å². The molecule has 1 heterocycles. The van der Waals surface area contributed by atoms with Gasteiger partial charge >= 0.3 is 6.18 Å². The Balaban J connectivity index is 2.51. The zero-order valence-electron chi connectivity index (χ0n) is 10.4. The van der Waals surface area contributed by atoms with Crippen LogP contribution in [0, 0.1) is 0 Å². The van der Waals surface area contributed by atoms with Gasteiger partial charge in [-0.05, 0) is 18.2 Å². The Morgan fingerprint density at radius 3 is 2.68 bits per heavy atom. The Bertz CT molecular complexity index is 577. The van der Waals surface area contributed by atoms with Crippen molar-refractivity contribution in [3.8, 4) is 0 Å². The van der Waals surface area contributed by atoms with E-state index in [0.717, 1.165) is 12.1 Å². The Morgan fingerprint density at radius 1 is 1.37 bits per heavy atom. The first kappa shape index (κ1) is 13.8. The molecule has 0 unspecified atom stereocenters. The summed E-state index contributed by atoms with van der Waals surface area (Å²) in [6.07, 6.45) is -4.37. The van der Waals surface area contributed by atoms with Crippen molar-refractivity contribution >= 4 is 11.0 Å². The first-order valence-electron chi connectivity index (χ1n) is 5.72. The lowest BCUT2D eigenvalue weighted by molar-refractivity contribution is -0.137. The van der Waals surface area contributed by atoms with Crippen molar-refractivity contribution < 1.29 is 17.9 Å². The van der Waals surface area contributed by atoms with E-state index in [9.17, 15) is 13.2 Å². The van der Waals surface area contributed by atoms with Gasteiger partial charge in [-0.3, -0.25) is 0 Å². The highest BCUT2D eigenvalue weighted by molar-refractivity contribution is 5.77. The van der Waals surface area contributed by atoms with Crippen molar-refractivity contribution in [2.75, 3.05) is 13.7 Å². The summed E-state index contributed by atoms with van der Waals surface area (Å²) in [5, 5.41) is 0. The average molecular weight is 273 g/mol. The summed E-state index contributed by atoms with van der Waals surface area (Å²) in [7, 11) is 1.56. The molecule has 0 saturated heterocycles. The number of nitrogens with two attached hydrogens (primary N) is 1. The number of methoxy groups -OCH3 is 1. The maximum Gasteiger partial charge on any atom is 0.416 e. The van der Waals surface area contributed by atoms with Gasteiger partial charge in [0.25, 0.3) is 0 Å². The molecule has 4 nitrogen and oxygen atoms in total. The topological polar surface area (TPSA) is 53.1 Å². The Morgan fingerprint density at radius 2 is 2.11 bits per heavy atom. The van der Waals surface area contributed by atoms with E-state index in [2.05, 4.69) is 4.98 Å². The summed E-state index contributed by atoms with van der Waals surface area (Å²) < 4.78 is 44.6. The van der Waals surface area contributed by atoms with Gasteiger partial charge in [0.15, 0.2) is 0 Å². The Kier molecular flexibility index (Phi) is 3.77. The molecule has 2 N–H and O–H groups in total. The number of aromatic nitrogens is 2. The van der Waals surface area contributed by atoms with E-state index in [0.29, 0.717) is 30.0 Å². The minimum Gasteiger partial charge on any atom is -0.383 e. The number of fused-ring (bicyclic) bond motifs is 1. The first-order valence-corrected chi connectivity index (χ1v) is 5.72. The van der Waals surface area contributed by atoms with Crippen molar-refractivity contribution in [1.82, 2.24) is 9.55 Å². The van der Waals surface area contributed by atoms with Gasteiger partial charge in [-0.25, -0.2) is 4.98 Å². The van der Waals surface area contributed by atoms with Crippen LogP contribution in [0.15, 0.2) is 18.2 Å². The fraction of sp³-hybridized carbons (Fsp3) is 0.417. The molecule has 2 rings (SSSR count). The van der Waals surface area contributed by atoms with Crippen LogP contribution in [0.5, 0.6) is 0 Å². The van der Waals surface area contributed by atoms with E-state index in [1.165, 1.54) is 6.07 Å². The molecule has 0 aliphatic carbocycles. The lowest BCUT2D eigenvalue weighted by Crippen LogP contribution is -2.11. The van der Waals surface area contributed by atoms with Crippen LogP contribution in [0.25, 0.3) is 11.0 Å². The number of hydrogen-bond acceptors (Lipinski definition) is 3. The van der Waals surface area contributed by atoms with Crippen LogP contribution in [-0.4, -0.2) is 23.3 Å². The molecule has 0 spiro atoms. The van der Waals surface area contributed by atoms with Gasteiger partial charge in [0.2, 0.25) is 0 Å². The van der Waals surface area contributed by atoms with E-state index in [1.54, 1.807) is 11.7 Å². The van der Waals surface area contributed by atoms with Crippen molar-refractivity contribution in [3.63, 3.8) is 0 Å². The number of benzene rings is 1. The number of ether oxygens (including phenoxy) is 1. The largest absolute Gasteiger partial charge is 0.416 e. The summed E-state index contributed by atoms with van der Waals surface area (Å²) in [5.74, 6) is 0.548. The summed E-state index contributed by atoms with van der Waals surface area (Å²) in [4.78, 5) is 4.14. The average Bonchev–Trinajstić information content (AvgIpc) is 2.72. The van der Waals surface area contributed by atoms with Gasteiger partial charge in [-0.1, -0.05) is 0 Å². The van der Waals surface area contributed by atoms with Crippen molar-refractivity contribution in [3.05, 3.63) is 29.6 Å². The molecule has 0 aliphatic heterocycles. The molecular weight excluding hydrogens is 259 g/mol. The van der Waals surface area contributed by atoms with Crippen LogP contribution in [0.1, 0.15) is 11.4 Å². The maximum absolute atomic E-state index is 12.6. The van der Waals surface area contributed by atoms with Crippen LogP contribution >= 0.6 is 0 Å². The van der Waals surface area contributed by atoms with E-state index in [1.807, 2.05) is 0 Å². The van der Waals surface area contributed by atoms with Gasteiger partial charge in [0.1, 0.15) is 5.82 Å². The van der Waals surface area contributed by atoms with Crippen LogP contribution in [0.4, 0.5) is 13.2 Å². The summed E-state index contributed by atoms with van der Waals surface area (Å²) >= 11 is 0. The van der Waals surface area contributed by atoms with Crippen LogP contribution in [0.3, 0.4) is 0 Å². The van der Waals surface area contributed by atoms with E-state index in [-0.39, 0.29) is 6.54 Å². The van der Waals surface area contributed by atoms with Crippen LogP contribution in [0.2, 0.25) is 0 Å². The molecule has 0 saturated carbocycles. The number of nitrogens with zero attached hydrogens (tertiary/aromatic N) is 2. The molecule has 1 aromatic carbocycles. The molecule has 1 aromatic heterocycles. The minimum absolute atomic E-state index is 0.166. The molecule has 0 bridgehead atoms. The molecule has 0 atom stereocenters. The lowest BCUT2D eigenvalue weighted by Gasteiger charge is -2.08. The number of alkyl halides is 3. The lowest BCUT2D eigenvalue weighted by atomic mass is 10.2. The molecule has 0 aliphatic rings. The first-order chi connectivity index (χ1) is 8.97. The van der Waals surface area contributed by atoms with Gasteiger partial charge in [0.05, 0.1) is 29.7 Å². The molecular formula is C12H14F3N3O. The second-order valence-electron chi connectivity index (χ2n) is 4.08. The second-order valence-corrected chi connectivity index (χ2v) is 4.08. The standard InChI is InChI=1S/C12H14F3N3O/c1-19-5-4-18-10-3-2-8(12(13,14)15)6-9(10)17-11(18)7-16/h2-3,6H,4-5,7,16H2,1H3. The minimum atomic E-state index is -4.37. The monoisotopic (exact) mass is 273 g/mol. The van der Waals surface area contributed by atoms with Crippen molar-refractivity contribution in [2.24, 2.45) is 5.73 Å². The smallest absolute Gasteiger partial charge is 0.383 e. The highest BCUT2D eigenvalue weighted by Crippen LogP contribution is 2.31. The summed E-state index contributed by atoms with van der Waals surface area (Å²) in [6, 6.07) is 3.51.